The van der Waals surface area contributed by atoms with Crippen LogP contribution in [0.1, 0.15) is 26.4 Å². The molecule has 1 amide bonds. The highest BCUT2D eigenvalue weighted by atomic mass is 16.5. The molecule has 3 rings (SSSR count). The van der Waals surface area contributed by atoms with Gasteiger partial charge in [0.1, 0.15) is 17.8 Å². The maximum atomic E-state index is 12.7. The fourth-order valence-corrected chi connectivity index (χ4v) is 2.64. The van der Waals surface area contributed by atoms with Gasteiger partial charge in [0.05, 0.1) is 12.7 Å². The van der Waals surface area contributed by atoms with Crippen LogP contribution in [0.3, 0.4) is 0 Å². The number of esters is 1. The maximum Gasteiger partial charge on any atom is 0.337 e. The Hall–Kier alpha value is -3.81. The topological polar surface area (TPSA) is 97.3 Å². The van der Waals surface area contributed by atoms with Crippen molar-refractivity contribution in [1.82, 2.24) is 19.9 Å². The SMILES string of the molecule is COC(=O)c1ccc(Nc2cc(C(=O)N(C)CCc3ccncc3)ncn2)cc1. The van der Waals surface area contributed by atoms with Crippen molar-refractivity contribution >= 4 is 23.4 Å². The molecule has 0 spiro atoms. The fraction of sp³-hybridized carbons (Fsp3) is 0.190. The highest BCUT2D eigenvalue weighted by Crippen LogP contribution is 2.16. The smallest absolute Gasteiger partial charge is 0.337 e. The van der Waals surface area contributed by atoms with Crippen LogP contribution in [0.4, 0.5) is 11.5 Å². The molecule has 0 atom stereocenters. The van der Waals surface area contributed by atoms with E-state index >= 15 is 0 Å². The average Bonchev–Trinajstić information content (AvgIpc) is 2.77. The van der Waals surface area contributed by atoms with Crippen LogP contribution in [0.5, 0.6) is 0 Å². The Balaban J connectivity index is 1.63. The lowest BCUT2D eigenvalue weighted by molar-refractivity contribution is 0.0600. The minimum absolute atomic E-state index is 0.189. The highest BCUT2D eigenvalue weighted by Gasteiger charge is 2.14. The normalized spacial score (nSPS) is 10.3. The summed E-state index contributed by atoms with van der Waals surface area (Å²) in [5.41, 5.74) is 2.58. The number of carbonyl (C=O) groups excluding carboxylic acids is 2. The molecule has 3 aromatic rings. The van der Waals surface area contributed by atoms with Crippen molar-refractivity contribution in [2.45, 2.75) is 6.42 Å². The molecular formula is C21H21N5O3. The maximum absolute atomic E-state index is 12.7. The zero-order valence-corrected chi connectivity index (χ0v) is 16.2. The number of rotatable bonds is 7. The number of ether oxygens (including phenoxy) is 1. The molecule has 0 aliphatic rings. The molecular weight excluding hydrogens is 370 g/mol. The first kappa shape index (κ1) is 19.9. The third kappa shape index (κ3) is 5.35. The van der Waals surface area contributed by atoms with Gasteiger partial charge in [-0.05, 0) is 48.4 Å². The number of likely N-dealkylation sites (N-methyl/N-ethyl adjacent to an activating group) is 1. The second-order valence-corrected chi connectivity index (χ2v) is 6.31. The number of methoxy groups -OCH3 is 1. The molecule has 0 saturated carbocycles. The molecule has 8 nitrogen and oxygen atoms in total. The van der Waals surface area contributed by atoms with E-state index in [-0.39, 0.29) is 5.91 Å². The van der Waals surface area contributed by atoms with E-state index < -0.39 is 5.97 Å². The van der Waals surface area contributed by atoms with Gasteiger partial charge in [0.15, 0.2) is 0 Å². The molecule has 8 heteroatoms. The molecule has 2 heterocycles. The van der Waals surface area contributed by atoms with Crippen LogP contribution in [0.25, 0.3) is 0 Å². The third-order valence-corrected chi connectivity index (χ3v) is 4.30. The monoisotopic (exact) mass is 391 g/mol. The highest BCUT2D eigenvalue weighted by molar-refractivity contribution is 5.93. The summed E-state index contributed by atoms with van der Waals surface area (Å²) >= 11 is 0. The molecule has 29 heavy (non-hydrogen) atoms. The Bertz CT molecular complexity index is 977. The van der Waals surface area contributed by atoms with Crippen molar-refractivity contribution in [3.05, 3.63) is 78.0 Å². The van der Waals surface area contributed by atoms with Gasteiger partial charge < -0.3 is 15.0 Å². The van der Waals surface area contributed by atoms with Crippen molar-refractivity contribution in [2.24, 2.45) is 0 Å². The second-order valence-electron chi connectivity index (χ2n) is 6.31. The zero-order valence-electron chi connectivity index (χ0n) is 16.2. The molecule has 0 radical (unpaired) electrons. The van der Waals surface area contributed by atoms with Crippen LogP contribution in [0.2, 0.25) is 0 Å². The number of pyridine rings is 1. The van der Waals surface area contributed by atoms with Crippen LogP contribution in [-0.4, -0.2) is 52.4 Å². The first-order valence-corrected chi connectivity index (χ1v) is 8.98. The Labute approximate surface area is 168 Å². The molecule has 0 aliphatic heterocycles. The number of amides is 1. The van der Waals surface area contributed by atoms with E-state index in [9.17, 15) is 9.59 Å². The molecule has 0 bridgehead atoms. The van der Waals surface area contributed by atoms with Crippen LogP contribution in [-0.2, 0) is 11.2 Å². The average molecular weight is 391 g/mol. The van der Waals surface area contributed by atoms with Gasteiger partial charge in [-0.1, -0.05) is 0 Å². The van der Waals surface area contributed by atoms with Gasteiger partial charge in [-0.15, -0.1) is 0 Å². The van der Waals surface area contributed by atoms with E-state index in [1.165, 1.54) is 13.4 Å². The van der Waals surface area contributed by atoms with Crippen molar-refractivity contribution in [3.8, 4) is 0 Å². The largest absolute Gasteiger partial charge is 0.465 e. The van der Waals surface area contributed by atoms with E-state index in [2.05, 4.69) is 25.0 Å². The summed E-state index contributed by atoms with van der Waals surface area (Å²) in [4.78, 5) is 38.0. The third-order valence-electron chi connectivity index (χ3n) is 4.30. The predicted octanol–water partition coefficient (Wildman–Crippen LogP) is 2.72. The number of hydrogen-bond acceptors (Lipinski definition) is 7. The van der Waals surface area contributed by atoms with Gasteiger partial charge in [0.2, 0.25) is 0 Å². The number of hydrogen-bond donors (Lipinski definition) is 1. The minimum Gasteiger partial charge on any atom is -0.465 e. The number of benzene rings is 1. The van der Waals surface area contributed by atoms with Gasteiger partial charge in [-0.25, -0.2) is 14.8 Å². The summed E-state index contributed by atoms with van der Waals surface area (Å²) in [6, 6.07) is 12.2. The van der Waals surface area contributed by atoms with E-state index in [0.717, 1.165) is 17.7 Å². The van der Waals surface area contributed by atoms with Crippen LogP contribution >= 0.6 is 0 Å². The standard InChI is InChI=1S/C21H21N5O3/c1-26(12-9-15-7-10-22-11-8-15)20(27)18-13-19(24-14-23-18)25-17-5-3-16(4-6-17)21(28)29-2/h3-8,10-11,13-14H,9,12H2,1-2H3,(H,23,24,25). The Morgan fingerprint density at radius 1 is 1.07 bits per heavy atom. The summed E-state index contributed by atoms with van der Waals surface area (Å²) < 4.78 is 4.68. The first-order chi connectivity index (χ1) is 14.1. The Morgan fingerprint density at radius 2 is 1.79 bits per heavy atom. The van der Waals surface area contributed by atoms with Crippen molar-refractivity contribution in [3.63, 3.8) is 0 Å². The molecule has 2 aromatic heterocycles. The predicted molar refractivity (Wildman–Crippen MR) is 108 cm³/mol. The number of aromatic nitrogens is 3. The van der Waals surface area contributed by atoms with Crippen LogP contribution in [0.15, 0.2) is 61.2 Å². The second kappa shape index (κ2) is 9.41. The van der Waals surface area contributed by atoms with E-state index in [1.54, 1.807) is 54.7 Å². The summed E-state index contributed by atoms with van der Waals surface area (Å²) in [7, 11) is 3.08. The number of anilines is 2. The number of nitrogens with one attached hydrogen (secondary N) is 1. The Kier molecular flexibility index (Phi) is 6.47. The van der Waals surface area contributed by atoms with Crippen molar-refractivity contribution < 1.29 is 14.3 Å². The minimum atomic E-state index is -0.402. The summed E-state index contributed by atoms with van der Waals surface area (Å²) in [6.07, 6.45) is 5.54. The summed E-state index contributed by atoms with van der Waals surface area (Å²) in [6.45, 7) is 0.560. The fourth-order valence-electron chi connectivity index (χ4n) is 2.64. The molecule has 0 unspecified atom stereocenters. The van der Waals surface area contributed by atoms with E-state index in [4.69, 9.17) is 0 Å². The first-order valence-electron chi connectivity index (χ1n) is 8.98. The number of carbonyl (C=O) groups is 2. The summed E-state index contributed by atoms with van der Waals surface area (Å²) in [5.74, 6) is -0.108. The quantitative estimate of drug-likeness (QED) is 0.619. The van der Waals surface area contributed by atoms with Gasteiger partial charge in [-0.3, -0.25) is 9.78 Å². The lowest BCUT2D eigenvalue weighted by atomic mass is 10.2. The van der Waals surface area contributed by atoms with Crippen molar-refractivity contribution in [1.29, 1.82) is 0 Å². The zero-order chi connectivity index (χ0) is 20.6. The van der Waals surface area contributed by atoms with Crippen molar-refractivity contribution in [2.75, 3.05) is 26.0 Å². The van der Waals surface area contributed by atoms with E-state index in [1.807, 2.05) is 12.1 Å². The molecule has 0 saturated heterocycles. The lowest BCUT2D eigenvalue weighted by Crippen LogP contribution is -2.29. The van der Waals surface area contributed by atoms with E-state index in [0.29, 0.717) is 23.6 Å². The van der Waals surface area contributed by atoms with Gasteiger partial charge in [-0.2, -0.15) is 0 Å². The van der Waals surface area contributed by atoms with Gasteiger partial charge in [0, 0.05) is 37.7 Å². The molecule has 1 N–H and O–H groups in total. The Morgan fingerprint density at radius 3 is 2.48 bits per heavy atom. The molecule has 0 aliphatic carbocycles. The molecule has 0 fully saturated rings. The molecule has 148 valence electrons. The number of nitrogens with zero attached hydrogens (tertiary/aromatic N) is 4. The van der Waals surface area contributed by atoms with Crippen LogP contribution in [0, 0.1) is 0 Å². The van der Waals surface area contributed by atoms with Gasteiger partial charge >= 0.3 is 5.97 Å². The molecule has 1 aromatic carbocycles. The van der Waals surface area contributed by atoms with Crippen LogP contribution < -0.4 is 5.32 Å². The van der Waals surface area contributed by atoms with Gasteiger partial charge in [0.25, 0.3) is 5.91 Å². The summed E-state index contributed by atoms with van der Waals surface area (Å²) in [5, 5.41) is 3.10. The lowest BCUT2D eigenvalue weighted by Gasteiger charge is -2.17.